The first-order valence-electron chi connectivity index (χ1n) is 6.28. The van der Waals surface area contributed by atoms with Crippen LogP contribution < -0.4 is 10.5 Å². The van der Waals surface area contributed by atoms with Crippen LogP contribution in [0.5, 0.6) is 5.75 Å². The number of aliphatic carboxylic acids is 1. The molecule has 124 valence electrons. The molecule has 1 aromatic rings. The monoisotopic (exact) mass is 364 g/mol. The van der Waals surface area contributed by atoms with Gasteiger partial charge in [0.2, 0.25) is 0 Å². The molecule has 0 amide bonds. The lowest BCUT2D eigenvalue weighted by atomic mass is 9.98. The SMILES string of the molecule is COc1c(Cl)ccc(C2=C(C)C(N)=C(Cl)C(C(=O)O)N2F)c1F. The van der Waals surface area contributed by atoms with Gasteiger partial charge in [-0.05, 0) is 24.6 Å². The molecule has 23 heavy (non-hydrogen) atoms. The van der Waals surface area contributed by atoms with Crippen molar-refractivity contribution in [3.05, 3.63) is 44.8 Å². The van der Waals surface area contributed by atoms with E-state index in [2.05, 4.69) is 0 Å². The van der Waals surface area contributed by atoms with Crippen molar-refractivity contribution in [3.8, 4) is 5.75 Å². The Hall–Kier alpha value is -1.99. The van der Waals surface area contributed by atoms with Crippen molar-refractivity contribution in [2.24, 2.45) is 5.73 Å². The first-order valence-corrected chi connectivity index (χ1v) is 7.04. The van der Waals surface area contributed by atoms with Gasteiger partial charge in [0.05, 0.1) is 28.6 Å². The minimum Gasteiger partial charge on any atom is -0.492 e. The Labute approximate surface area is 140 Å². The number of hydrogen-bond donors (Lipinski definition) is 2. The zero-order chi connectivity index (χ0) is 17.5. The van der Waals surface area contributed by atoms with Crippen LogP contribution in [0.1, 0.15) is 12.5 Å². The summed E-state index contributed by atoms with van der Waals surface area (Å²) in [4.78, 5) is 11.2. The van der Waals surface area contributed by atoms with E-state index in [0.29, 0.717) is 0 Å². The van der Waals surface area contributed by atoms with Crippen molar-refractivity contribution in [3.63, 3.8) is 0 Å². The first kappa shape index (κ1) is 17.4. The van der Waals surface area contributed by atoms with Gasteiger partial charge in [0.15, 0.2) is 17.6 Å². The molecule has 2 rings (SSSR count). The summed E-state index contributed by atoms with van der Waals surface area (Å²) in [6, 6.07) is 0.645. The van der Waals surface area contributed by atoms with E-state index in [1.165, 1.54) is 26.2 Å². The van der Waals surface area contributed by atoms with E-state index in [1.54, 1.807) is 0 Å². The van der Waals surface area contributed by atoms with Crippen molar-refractivity contribution < 1.29 is 23.5 Å². The molecule has 3 N–H and O–H groups in total. The number of nitrogens with zero attached hydrogens (tertiary/aromatic N) is 1. The number of nitrogens with two attached hydrogens (primary N) is 1. The molecule has 0 aromatic heterocycles. The highest BCUT2D eigenvalue weighted by atomic mass is 35.5. The summed E-state index contributed by atoms with van der Waals surface area (Å²) < 4.78 is 34.0. The molecule has 0 radical (unpaired) electrons. The third kappa shape index (κ3) is 2.70. The molecular weight excluding hydrogens is 353 g/mol. The summed E-state index contributed by atoms with van der Waals surface area (Å²) in [5.74, 6) is -2.79. The quantitative estimate of drug-likeness (QED) is 0.804. The van der Waals surface area contributed by atoms with E-state index >= 15 is 0 Å². The standard InChI is InChI=1S/C14H12Cl2F2N2O3/c1-5-10(19)8(16)12(14(21)22)20(18)11(5)6-3-4-7(15)13(23-2)9(6)17/h3-4,12H,19H2,1-2H3,(H,21,22). The maximum Gasteiger partial charge on any atom is 0.334 e. The van der Waals surface area contributed by atoms with Gasteiger partial charge in [-0.3, -0.25) is 0 Å². The molecule has 5 nitrogen and oxygen atoms in total. The van der Waals surface area contributed by atoms with Gasteiger partial charge >= 0.3 is 5.97 Å². The molecule has 1 heterocycles. The highest BCUT2D eigenvalue weighted by Crippen LogP contribution is 2.41. The predicted molar refractivity (Wildman–Crippen MR) is 82.0 cm³/mol. The molecule has 1 unspecified atom stereocenters. The van der Waals surface area contributed by atoms with Gasteiger partial charge in [0.25, 0.3) is 0 Å². The third-order valence-corrected chi connectivity index (χ3v) is 4.15. The molecule has 0 bridgehead atoms. The smallest absolute Gasteiger partial charge is 0.334 e. The van der Waals surface area contributed by atoms with Crippen molar-refractivity contribution in [1.29, 1.82) is 0 Å². The van der Waals surface area contributed by atoms with Crippen LogP contribution in [0.3, 0.4) is 0 Å². The number of methoxy groups -OCH3 is 1. The van der Waals surface area contributed by atoms with E-state index < -0.39 is 17.8 Å². The van der Waals surface area contributed by atoms with Gasteiger partial charge in [0, 0.05) is 5.56 Å². The topological polar surface area (TPSA) is 75.8 Å². The van der Waals surface area contributed by atoms with Crippen molar-refractivity contribution >= 4 is 34.9 Å². The molecule has 9 heteroatoms. The zero-order valence-corrected chi connectivity index (χ0v) is 13.5. The lowest BCUT2D eigenvalue weighted by Crippen LogP contribution is -2.40. The van der Waals surface area contributed by atoms with E-state index in [-0.39, 0.29) is 43.5 Å². The highest BCUT2D eigenvalue weighted by Gasteiger charge is 2.39. The maximum absolute atomic E-state index is 14.6. The number of allylic oxidation sites excluding steroid dienone is 1. The van der Waals surface area contributed by atoms with Gasteiger partial charge < -0.3 is 15.6 Å². The van der Waals surface area contributed by atoms with Crippen molar-refractivity contribution in [1.82, 2.24) is 5.12 Å². The van der Waals surface area contributed by atoms with Crippen molar-refractivity contribution in [2.45, 2.75) is 13.0 Å². The molecule has 1 aromatic carbocycles. The fraction of sp³-hybridized carbons (Fsp3) is 0.214. The second kappa shape index (κ2) is 6.25. The van der Waals surface area contributed by atoms with Crippen LogP contribution in [-0.2, 0) is 4.79 Å². The number of carboxylic acids is 1. The number of halogens is 4. The van der Waals surface area contributed by atoms with Crippen LogP contribution >= 0.6 is 23.2 Å². The zero-order valence-electron chi connectivity index (χ0n) is 12.0. The van der Waals surface area contributed by atoms with Gasteiger partial charge in [-0.1, -0.05) is 27.7 Å². The number of carboxylic acid groups (broad SMARTS) is 1. The molecule has 0 aliphatic carbocycles. The molecule has 1 aliphatic rings. The average Bonchev–Trinajstić information content (AvgIpc) is 2.47. The molecule has 1 aliphatic heterocycles. The Kier molecular flexibility index (Phi) is 4.72. The molecule has 1 atom stereocenters. The van der Waals surface area contributed by atoms with Crippen molar-refractivity contribution in [2.75, 3.05) is 7.11 Å². The summed E-state index contributed by atoms with van der Waals surface area (Å²) in [6.07, 6.45) is 0. The Balaban J connectivity index is 2.74. The van der Waals surface area contributed by atoms with E-state index in [9.17, 15) is 13.7 Å². The Bertz CT molecular complexity index is 750. The summed E-state index contributed by atoms with van der Waals surface area (Å²) in [5, 5.41) is 8.61. The minimum absolute atomic E-state index is 0.00967. The number of hydrogen-bond acceptors (Lipinski definition) is 4. The Morgan fingerprint density at radius 2 is 2.04 bits per heavy atom. The first-order chi connectivity index (χ1) is 10.7. The normalized spacial score (nSPS) is 18.5. The summed E-state index contributed by atoms with van der Waals surface area (Å²) in [6.45, 7) is 1.40. The molecule has 0 spiro atoms. The fourth-order valence-corrected chi connectivity index (χ4v) is 2.81. The van der Waals surface area contributed by atoms with E-state index in [1.807, 2.05) is 0 Å². The summed E-state index contributed by atoms with van der Waals surface area (Å²) >= 11 is 11.6. The highest BCUT2D eigenvalue weighted by molar-refractivity contribution is 6.33. The summed E-state index contributed by atoms with van der Waals surface area (Å²) in [5.41, 5.74) is 5.11. The third-order valence-electron chi connectivity index (χ3n) is 3.44. The number of carbonyl (C=O) groups is 1. The predicted octanol–water partition coefficient (Wildman–Crippen LogP) is 3.28. The Morgan fingerprint density at radius 1 is 1.43 bits per heavy atom. The largest absolute Gasteiger partial charge is 0.492 e. The fourth-order valence-electron chi connectivity index (χ4n) is 2.27. The molecule has 0 fully saturated rings. The lowest BCUT2D eigenvalue weighted by molar-refractivity contribution is -0.144. The molecular formula is C14H12Cl2F2N2O3. The lowest BCUT2D eigenvalue weighted by Gasteiger charge is -2.31. The van der Waals surface area contributed by atoms with Crippen LogP contribution in [0.2, 0.25) is 5.02 Å². The van der Waals surface area contributed by atoms with Gasteiger partial charge in [-0.15, -0.1) is 0 Å². The van der Waals surface area contributed by atoms with Crippen LogP contribution in [0.15, 0.2) is 28.4 Å². The van der Waals surface area contributed by atoms with Crippen LogP contribution in [0.4, 0.5) is 8.87 Å². The number of rotatable bonds is 3. The maximum atomic E-state index is 14.6. The van der Waals surface area contributed by atoms with Crippen LogP contribution in [-0.4, -0.2) is 29.3 Å². The van der Waals surface area contributed by atoms with Gasteiger partial charge in [0.1, 0.15) is 0 Å². The van der Waals surface area contributed by atoms with Crippen LogP contribution in [0, 0.1) is 5.82 Å². The minimum atomic E-state index is -1.86. The Morgan fingerprint density at radius 3 is 2.57 bits per heavy atom. The number of benzene rings is 1. The van der Waals surface area contributed by atoms with E-state index in [4.69, 9.17) is 38.8 Å². The molecule has 0 saturated heterocycles. The average molecular weight is 365 g/mol. The van der Waals surface area contributed by atoms with Gasteiger partial charge in [-0.2, -0.15) is 5.12 Å². The summed E-state index contributed by atoms with van der Waals surface area (Å²) in [7, 11) is 1.20. The van der Waals surface area contributed by atoms with Gasteiger partial charge in [-0.25, -0.2) is 9.18 Å². The molecule has 0 saturated carbocycles. The van der Waals surface area contributed by atoms with E-state index in [0.717, 1.165) is 0 Å². The second-order valence-electron chi connectivity index (χ2n) is 4.73. The van der Waals surface area contributed by atoms with Crippen LogP contribution in [0.25, 0.3) is 5.70 Å². The second-order valence-corrected chi connectivity index (χ2v) is 5.54. The number of ether oxygens (including phenoxy) is 1.